The number of nitrogens with zero attached hydrogens (tertiary/aromatic N) is 1. The SMILES string of the molecule is CC(NC(=O)c1cccc(Cl)n1)C(=O)O. The largest absolute Gasteiger partial charge is 0.480 e. The molecule has 1 unspecified atom stereocenters. The van der Waals surface area contributed by atoms with Crippen molar-refractivity contribution in [1.82, 2.24) is 10.3 Å². The normalized spacial score (nSPS) is 11.9. The van der Waals surface area contributed by atoms with Crippen molar-refractivity contribution in [1.29, 1.82) is 0 Å². The average molecular weight is 229 g/mol. The molecular weight excluding hydrogens is 220 g/mol. The van der Waals surface area contributed by atoms with Crippen LogP contribution in [0.4, 0.5) is 0 Å². The molecule has 0 saturated heterocycles. The Morgan fingerprint density at radius 3 is 2.73 bits per heavy atom. The Bertz CT molecular complexity index is 395. The lowest BCUT2D eigenvalue weighted by molar-refractivity contribution is -0.138. The van der Waals surface area contributed by atoms with Crippen LogP contribution in [-0.4, -0.2) is 28.0 Å². The molecule has 6 heteroatoms. The molecule has 2 N–H and O–H groups in total. The third-order valence-corrected chi connectivity index (χ3v) is 1.88. The van der Waals surface area contributed by atoms with Crippen molar-refractivity contribution in [2.24, 2.45) is 0 Å². The van der Waals surface area contributed by atoms with Gasteiger partial charge in [0.15, 0.2) is 0 Å². The Hall–Kier alpha value is -1.62. The third-order valence-electron chi connectivity index (χ3n) is 1.67. The van der Waals surface area contributed by atoms with Gasteiger partial charge in [0.2, 0.25) is 0 Å². The van der Waals surface area contributed by atoms with E-state index in [0.717, 1.165) is 0 Å². The van der Waals surface area contributed by atoms with E-state index >= 15 is 0 Å². The number of carbonyl (C=O) groups is 2. The molecule has 1 rings (SSSR count). The van der Waals surface area contributed by atoms with E-state index in [1.54, 1.807) is 6.07 Å². The number of hydrogen-bond acceptors (Lipinski definition) is 3. The van der Waals surface area contributed by atoms with E-state index in [0.29, 0.717) is 0 Å². The lowest BCUT2D eigenvalue weighted by Crippen LogP contribution is -2.38. The van der Waals surface area contributed by atoms with E-state index in [-0.39, 0.29) is 10.8 Å². The first-order valence-electron chi connectivity index (χ1n) is 4.17. The Kier molecular flexibility index (Phi) is 3.62. The molecule has 5 nitrogen and oxygen atoms in total. The topological polar surface area (TPSA) is 79.3 Å². The van der Waals surface area contributed by atoms with Crippen molar-refractivity contribution < 1.29 is 14.7 Å². The van der Waals surface area contributed by atoms with Gasteiger partial charge in [-0.2, -0.15) is 0 Å². The highest BCUT2D eigenvalue weighted by Gasteiger charge is 2.15. The molecule has 0 bridgehead atoms. The first-order chi connectivity index (χ1) is 7.00. The summed E-state index contributed by atoms with van der Waals surface area (Å²) < 4.78 is 0. The number of hydrogen-bond donors (Lipinski definition) is 2. The molecule has 1 amide bonds. The fourth-order valence-electron chi connectivity index (χ4n) is 0.867. The monoisotopic (exact) mass is 228 g/mol. The second-order valence-corrected chi connectivity index (χ2v) is 3.27. The van der Waals surface area contributed by atoms with Crippen LogP contribution >= 0.6 is 11.6 Å². The van der Waals surface area contributed by atoms with Crippen LogP contribution in [0.25, 0.3) is 0 Å². The van der Waals surface area contributed by atoms with Crippen molar-refractivity contribution in [2.45, 2.75) is 13.0 Å². The molecule has 15 heavy (non-hydrogen) atoms. The molecule has 0 aromatic carbocycles. The Morgan fingerprint density at radius 2 is 2.20 bits per heavy atom. The number of aromatic nitrogens is 1. The molecule has 1 heterocycles. The quantitative estimate of drug-likeness (QED) is 0.755. The summed E-state index contributed by atoms with van der Waals surface area (Å²) >= 11 is 5.58. The van der Waals surface area contributed by atoms with Gasteiger partial charge in [0.1, 0.15) is 16.9 Å². The van der Waals surface area contributed by atoms with E-state index in [2.05, 4.69) is 10.3 Å². The predicted octanol–water partition coefficient (Wildman–Crippen LogP) is 0.938. The van der Waals surface area contributed by atoms with Gasteiger partial charge < -0.3 is 10.4 Å². The molecule has 0 saturated carbocycles. The summed E-state index contributed by atoms with van der Waals surface area (Å²) in [5.41, 5.74) is 0.0931. The van der Waals surface area contributed by atoms with Crippen LogP contribution in [0.2, 0.25) is 5.15 Å². The number of aliphatic carboxylic acids is 1. The van der Waals surface area contributed by atoms with Crippen molar-refractivity contribution >= 4 is 23.5 Å². The fourth-order valence-corrected chi connectivity index (χ4v) is 1.03. The fraction of sp³-hybridized carbons (Fsp3) is 0.222. The Labute approximate surface area is 91.1 Å². The first kappa shape index (κ1) is 11.5. The summed E-state index contributed by atoms with van der Waals surface area (Å²) in [5.74, 6) is -1.67. The highest BCUT2D eigenvalue weighted by Crippen LogP contribution is 2.04. The molecular formula is C9H9ClN2O3. The Morgan fingerprint density at radius 1 is 1.53 bits per heavy atom. The molecule has 0 aliphatic rings. The zero-order valence-electron chi connectivity index (χ0n) is 7.90. The van der Waals surface area contributed by atoms with Crippen LogP contribution in [-0.2, 0) is 4.79 Å². The molecule has 0 radical (unpaired) electrons. The highest BCUT2D eigenvalue weighted by molar-refractivity contribution is 6.29. The van der Waals surface area contributed by atoms with Crippen molar-refractivity contribution in [3.05, 3.63) is 29.0 Å². The van der Waals surface area contributed by atoms with E-state index in [4.69, 9.17) is 16.7 Å². The van der Waals surface area contributed by atoms with Gasteiger partial charge >= 0.3 is 5.97 Å². The number of pyridine rings is 1. The molecule has 0 fully saturated rings. The van der Waals surface area contributed by atoms with Gasteiger partial charge in [-0.25, -0.2) is 4.98 Å². The molecule has 1 aromatic heterocycles. The minimum Gasteiger partial charge on any atom is -0.480 e. The maximum absolute atomic E-state index is 11.4. The maximum Gasteiger partial charge on any atom is 0.325 e. The van der Waals surface area contributed by atoms with Crippen LogP contribution in [0, 0.1) is 0 Å². The number of halogens is 1. The lowest BCUT2D eigenvalue weighted by atomic mass is 10.3. The van der Waals surface area contributed by atoms with Gasteiger partial charge in [-0.15, -0.1) is 0 Å². The third kappa shape index (κ3) is 3.21. The number of nitrogens with one attached hydrogen (secondary N) is 1. The van der Waals surface area contributed by atoms with E-state index in [1.807, 2.05) is 0 Å². The van der Waals surface area contributed by atoms with E-state index in [1.165, 1.54) is 19.1 Å². The van der Waals surface area contributed by atoms with Gasteiger partial charge in [-0.3, -0.25) is 9.59 Å². The molecule has 0 aliphatic carbocycles. The van der Waals surface area contributed by atoms with Crippen LogP contribution in [0.1, 0.15) is 17.4 Å². The molecule has 0 spiro atoms. The molecule has 80 valence electrons. The number of carbonyl (C=O) groups excluding carboxylic acids is 1. The summed E-state index contributed by atoms with van der Waals surface area (Å²) in [5, 5.41) is 11.0. The number of carboxylic acid groups (broad SMARTS) is 1. The summed E-state index contributed by atoms with van der Waals surface area (Å²) in [6.07, 6.45) is 0. The summed E-state index contributed by atoms with van der Waals surface area (Å²) in [6.45, 7) is 1.37. The molecule has 1 atom stereocenters. The smallest absolute Gasteiger partial charge is 0.325 e. The van der Waals surface area contributed by atoms with E-state index in [9.17, 15) is 9.59 Å². The first-order valence-corrected chi connectivity index (χ1v) is 4.54. The summed E-state index contributed by atoms with van der Waals surface area (Å²) in [4.78, 5) is 25.6. The van der Waals surface area contributed by atoms with Gasteiger partial charge in [0, 0.05) is 0 Å². The van der Waals surface area contributed by atoms with Crippen LogP contribution in [0.5, 0.6) is 0 Å². The van der Waals surface area contributed by atoms with Crippen molar-refractivity contribution in [3.8, 4) is 0 Å². The summed E-state index contributed by atoms with van der Waals surface area (Å²) in [6, 6.07) is 3.59. The van der Waals surface area contributed by atoms with Crippen molar-refractivity contribution in [3.63, 3.8) is 0 Å². The van der Waals surface area contributed by atoms with Gasteiger partial charge in [-0.05, 0) is 19.1 Å². The molecule has 1 aromatic rings. The molecule has 0 aliphatic heterocycles. The second kappa shape index (κ2) is 4.75. The second-order valence-electron chi connectivity index (χ2n) is 2.88. The zero-order chi connectivity index (χ0) is 11.4. The van der Waals surface area contributed by atoms with Gasteiger partial charge in [-0.1, -0.05) is 17.7 Å². The minimum atomic E-state index is -1.11. The van der Waals surface area contributed by atoms with Gasteiger partial charge in [0.05, 0.1) is 0 Å². The zero-order valence-corrected chi connectivity index (χ0v) is 8.65. The average Bonchev–Trinajstić information content (AvgIpc) is 2.17. The van der Waals surface area contributed by atoms with Crippen LogP contribution < -0.4 is 5.32 Å². The standard InChI is InChI=1S/C9H9ClN2O3/c1-5(9(14)15)11-8(13)6-3-2-4-7(10)12-6/h2-5H,1H3,(H,11,13)(H,14,15). The minimum absolute atomic E-state index is 0.0931. The number of carboxylic acids is 1. The van der Waals surface area contributed by atoms with Crippen LogP contribution in [0.3, 0.4) is 0 Å². The van der Waals surface area contributed by atoms with Crippen molar-refractivity contribution in [2.75, 3.05) is 0 Å². The lowest BCUT2D eigenvalue weighted by Gasteiger charge is -2.08. The number of amides is 1. The maximum atomic E-state index is 11.4. The van der Waals surface area contributed by atoms with Crippen LogP contribution in [0.15, 0.2) is 18.2 Å². The predicted molar refractivity (Wildman–Crippen MR) is 53.8 cm³/mol. The highest BCUT2D eigenvalue weighted by atomic mass is 35.5. The van der Waals surface area contributed by atoms with Gasteiger partial charge in [0.25, 0.3) is 5.91 Å². The summed E-state index contributed by atoms with van der Waals surface area (Å²) in [7, 11) is 0. The Balaban J connectivity index is 2.73. The van der Waals surface area contributed by atoms with E-state index < -0.39 is 17.9 Å². The number of rotatable bonds is 3.